The predicted molar refractivity (Wildman–Crippen MR) is 160 cm³/mol. The number of fused-ring (bicyclic) bond motifs is 1. The van der Waals surface area contributed by atoms with Crippen LogP contribution >= 0.6 is 11.9 Å². The Morgan fingerprint density at radius 3 is 2.65 bits per heavy atom. The van der Waals surface area contributed by atoms with E-state index < -0.39 is 0 Å². The first-order valence-electron chi connectivity index (χ1n) is 13.7. The second kappa shape index (κ2) is 14.5. The van der Waals surface area contributed by atoms with Crippen LogP contribution in [0.15, 0.2) is 34.0 Å². The van der Waals surface area contributed by atoms with Crippen molar-refractivity contribution in [3.05, 3.63) is 40.3 Å². The van der Waals surface area contributed by atoms with Crippen LogP contribution in [0.2, 0.25) is 0 Å². The Morgan fingerprint density at radius 2 is 1.95 bits per heavy atom. The number of benzene rings is 1. The fourth-order valence-electron chi connectivity index (χ4n) is 4.66. The van der Waals surface area contributed by atoms with Crippen molar-refractivity contribution >= 4 is 34.9 Å². The molecule has 0 bridgehead atoms. The maximum Gasteiger partial charge on any atom is 0.337 e. The molecule has 0 amide bonds. The Bertz CT molecular complexity index is 1320. The highest BCUT2D eigenvalue weighted by atomic mass is 32.2. The SMILES string of the molecule is CCCCOc1nc(N)c2[nH]c(=O)n(CCCCN(CC(C)(C)CN(C)C)Sc3cccc(C(=O)OC)c3)c2n1. The smallest absolute Gasteiger partial charge is 0.337 e. The molecule has 40 heavy (non-hydrogen) atoms. The number of unbranched alkanes of at least 4 members (excludes halogenated alkanes) is 2. The first kappa shape index (κ1) is 31.4. The third kappa shape index (κ3) is 8.97. The zero-order chi connectivity index (χ0) is 29.3. The number of esters is 1. The van der Waals surface area contributed by atoms with Gasteiger partial charge < -0.3 is 25.1 Å². The van der Waals surface area contributed by atoms with E-state index in [9.17, 15) is 9.59 Å². The van der Waals surface area contributed by atoms with Crippen molar-refractivity contribution in [1.29, 1.82) is 0 Å². The first-order valence-corrected chi connectivity index (χ1v) is 14.4. The third-order valence-corrected chi connectivity index (χ3v) is 7.27. The molecule has 0 atom stereocenters. The molecule has 0 aliphatic heterocycles. The van der Waals surface area contributed by atoms with Crippen molar-refractivity contribution < 1.29 is 14.3 Å². The first-order chi connectivity index (χ1) is 19.0. The van der Waals surface area contributed by atoms with Gasteiger partial charge in [-0.25, -0.2) is 13.9 Å². The molecule has 3 aromatic rings. The van der Waals surface area contributed by atoms with Gasteiger partial charge in [0.1, 0.15) is 5.52 Å². The number of nitrogens with one attached hydrogen (secondary N) is 1. The monoisotopic (exact) mass is 573 g/mol. The summed E-state index contributed by atoms with van der Waals surface area (Å²) in [6.45, 7) is 10.1. The third-order valence-electron chi connectivity index (χ3n) is 6.24. The highest BCUT2D eigenvalue weighted by Crippen LogP contribution is 2.29. The van der Waals surface area contributed by atoms with Crippen molar-refractivity contribution in [2.75, 3.05) is 53.2 Å². The molecule has 0 unspecified atom stereocenters. The maximum absolute atomic E-state index is 12.7. The van der Waals surface area contributed by atoms with Gasteiger partial charge in [-0.3, -0.25) is 4.57 Å². The van der Waals surface area contributed by atoms with Crippen molar-refractivity contribution in [3.63, 3.8) is 0 Å². The van der Waals surface area contributed by atoms with Crippen LogP contribution in [0.3, 0.4) is 0 Å². The predicted octanol–water partition coefficient (Wildman–Crippen LogP) is 4.04. The minimum absolute atomic E-state index is 0.0346. The van der Waals surface area contributed by atoms with Gasteiger partial charge in [0.2, 0.25) is 0 Å². The minimum Gasteiger partial charge on any atom is -0.465 e. The average Bonchev–Trinajstić information content (AvgIpc) is 3.20. The Hall–Kier alpha value is -3.09. The summed E-state index contributed by atoms with van der Waals surface area (Å²) in [5.41, 5.74) is 7.27. The molecule has 2 heterocycles. The molecule has 11 nitrogen and oxygen atoms in total. The van der Waals surface area contributed by atoms with E-state index in [2.05, 4.69) is 59.0 Å². The summed E-state index contributed by atoms with van der Waals surface area (Å²) in [6, 6.07) is 7.67. The highest BCUT2D eigenvalue weighted by molar-refractivity contribution is 7.97. The molecule has 12 heteroatoms. The molecule has 0 aliphatic rings. The van der Waals surface area contributed by atoms with E-state index in [1.807, 2.05) is 18.2 Å². The summed E-state index contributed by atoms with van der Waals surface area (Å²) in [4.78, 5) is 39.4. The summed E-state index contributed by atoms with van der Waals surface area (Å²) >= 11 is 1.63. The number of nitrogens with zero attached hydrogens (tertiary/aromatic N) is 5. The summed E-state index contributed by atoms with van der Waals surface area (Å²) in [6.07, 6.45) is 3.48. The fourth-order valence-corrected chi connectivity index (χ4v) is 5.91. The van der Waals surface area contributed by atoms with E-state index in [1.165, 1.54) is 7.11 Å². The number of aryl methyl sites for hydroxylation is 1. The van der Waals surface area contributed by atoms with Crippen molar-refractivity contribution in [1.82, 2.24) is 28.7 Å². The van der Waals surface area contributed by atoms with E-state index in [0.29, 0.717) is 29.9 Å². The van der Waals surface area contributed by atoms with Crippen LogP contribution in [0.25, 0.3) is 11.2 Å². The van der Waals surface area contributed by atoms with Crippen molar-refractivity contribution in [3.8, 4) is 6.01 Å². The molecule has 0 fully saturated rings. The second-order valence-corrected chi connectivity index (χ2v) is 12.1. The molecule has 0 radical (unpaired) electrons. The van der Waals surface area contributed by atoms with Crippen LogP contribution in [-0.4, -0.2) is 82.1 Å². The van der Waals surface area contributed by atoms with Crippen molar-refractivity contribution in [2.45, 2.75) is 57.9 Å². The number of aromatic nitrogens is 4. The number of hydrogen-bond donors (Lipinski definition) is 2. The van der Waals surface area contributed by atoms with Crippen LogP contribution in [0.4, 0.5) is 5.82 Å². The number of carbonyl (C=O) groups excluding carboxylic acids is 1. The van der Waals surface area contributed by atoms with E-state index in [4.69, 9.17) is 15.2 Å². The summed E-state index contributed by atoms with van der Waals surface area (Å²) < 4.78 is 14.5. The number of hydrogen-bond acceptors (Lipinski definition) is 10. The molecule has 0 saturated heterocycles. The lowest BCUT2D eigenvalue weighted by molar-refractivity contribution is 0.0600. The van der Waals surface area contributed by atoms with Crippen LogP contribution in [0, 0.1) is 5.41 Å². The van der Waals surface area contributed by atoms with Crippen LogP contribution in [-0.2, 0) is 11.3 Å². The van der Waals surface area contributed by atoms with Gasteiger partial charge in [0.05, 0.1) is 19.3 Å². The lowest BCUT2D eigenvalue weighted by atomic mass is 9.93. The van der Waals surface area contributed by atoms with Crippen LogP contribution in [0.1, 0.15) is 56.8 Å². The van der Waals surface area contributed by atoms with Crippen LogP contribution in [0.5, 0.6) is 6.01 Å². The lowest BCUT2D eigenvalue weighted by Crippen LogP contribution is -2.38. The number of aromatic amines is 1. The summed E-state index contributed by atoms with van der Waals surface area (Å²) in [5, 5.41) is 0. The maximum atomic E-state index is 12.7. The number of carbonyl (C=O) groups is 1. The Labute approximate surface area is 240 Å². The van der Waals surface area contributed by atoms with Crippen molar-refractivity contribution in [2.24, 2.45) is 5.41 Å². The number of nitrogens with two attached hydrogens (primary N) is 1. The average molecular weight is 574 g/mol. The Kier molecular flexibility index (Phi) is 11.4. The lowest BCUT2D eigenvalue weighted by Gasteiger charge is -2.34. The highest BCUT2D eigenvalue weighted by Gasteiger charge is 2.24. The van der Waals surface area contributed by atoms with Gasteiger partial charge in [0, 0.05) is 31.1 Å². The van der Waals surface area contributed by atoms with Gasteiger partial charge in [-0.15, -0.1) is 0 Å². The van der Waals surface area contributed by atoms with E-state index in [1.54, 1.807) is 22.6 Å². The van der Waals surface area contributed by atoms with Gasteiger partial charge in [-0.1, -0.05) is 33.3 Å². The normalized spacial score (nSPS) is 12.0. The van der Waals surface area contributed by atoms with E-state index >= 15 is 0 Å². The van der Waals surface area contributed by atoms with Gasteiger partial charge in [0.25, 0.3) is 0 Å². The van der Waals surface area contributed by atoms with E-state index in [-0.39, 0.29) is 28.9 Å². The largest absolute Gasteiger partial charge is 0.465 e. The number of rotatable bonds is 16. The minimum atomic E-state index is -0.352. The molecule has 220 valence electrons. The zero-order valence-electron chi connectivity index (χ0n) is 24.5. The standard InChI is InChI=1S/C28H43N7O4S/c1-7-8-16-39-26-31-23(29)22-24(32-26)35(27(37)30-22)15-10-9-14-34(19-28(2,3)18-33(4)5)40-21-13-11-12-20(17-21)25(36)38-6/h11-13,17H,7-10,14-16,18-19H2,1-6H3,(H,30,37)(H2,29,31,32). The Balaban J connectivity index is 1.71. The number of imidazole rings is 1. The number of methoxy groups -OCH3 is 1. The molecule has 0 saturated carbocycles. The number of nitrogen functional groups attached to an aromatic ring is 1. The summed E-state index contributed by atoms with van der Waals surface area (Å²) in [7, 11) is 5.54. The summed E-state index contributed by atoms with van der Waals surface area (Å²) in [5.74, 6) is -0.151. The second-order valence-electron chi connectivity index (χ2n) is 11.0. The molecule has 3 N–H and O–H groups in total. The molecular formula is C28H43N7O4S. The number of anilines is 1. The molecule has 2 aromatic heterocycles. The fraction of sp³-hybridized carbons (Fsp3) is 0.571. The van der Waals surface area contributed by atoms with Gasteiger partial charge in [0.15, 0.2) is 11.5 Å². The van der Waals surface area contributed by atoms with Gasteiger partial charge >= 0.3 is 17.7 Å². The van der Waals surface area contributed by atoms with E-state index in [0.717, 1.165) is 50.2 Å². The molecule has 0 aliphatic carbocycles. The number of ether oxygens (including phenoxy) is 2. The van der Waals surface area contributed by atoms with Gasteiger partial charge in [-0.05, 0) is 68.9 Å². The zero-order valence-corrected chi connectivity index (χ0v) is 25.3. The number of H-pyrrole nitrogens is 1. The quantitative estimate of drug-likeness (QED) is 0.147. The molecule has 3 rings (SSSR count). The topological polar surface area (TPSA) is 132 Å². The molecular weight excluding hydrogens is 530 g/mol. The molecule has 1 aromatic carbocycles. The van der Waals surface area contributed by atoms with Crippen LogP contribution < -0.4 is 16.2 Å². The Morgan fingerprint density at radius 1 is 1.18 bits per heavy atom. The van der Waals surface area contributed by atoms with Gasteiger partial charge in [-0.2, -0.15) is 9.97 Å². The molecule has 0 spiro atoms.